The van der Waals surface area contributed by atoms with Crippen molar-refractivity contribution in [2.24, 2.45) is 40.4 Å². The van der Waals surface area contributed by atoms with Gasteiger partial charge in [-0.2, -0.15) is 0 Å². The van der Waals surface area contributed by atoms with E-state index in [0.29, 0.717) is 30.1 Å². The number of fused-ring (bicyclic) bond motifs is 4. The van der Waals surface area contributed by atoms with Crippen molar-refractivity contribution >= 4 is 5.97 Å². The van der Waals surface area contributed by atoms with Crippen LogP contribution in [-0.2, 0) is 9.53 Å². The molecule has 3 unspecified atom stereocenters. The number of carbonyl (C=O) groups is 1. The van der Waals surface area contributed by atoms with E-state index in [1.54, 1.807) is 0 Å². The maximum absolute atomic E-state index is 13.0. The van der Waals surface area contributed by atoms with Crippen LogP contribution in [0.25, 0.3) is 0 Å². The van der Waals surface area contributed by atoms with Crippen molar-refractivity contribution < 1.29 is 14.6 Å². The van der Waals surface area contributed by atoms with Gasteiger partial charge in [0, 0.05) is 11.3 Å². The molecule has 3 nitrogen and oxygen atoms in total. The van der Waals surface area contributed by atoms with E-state index in [1.807, 2.05) is 0 Å². The Morgan fingerprint density at radius 1 is 1.17 bits per heavy atom. The van der Waals surface area contributed by atoms with E-state index < -0.39 is 0 Å². The summed E-state index contributed by atoms with van der Waals surface area (Å²) in [5.74, 6) is 3.11. The minimum Gasteiger partial charge on any atom is -0.431 e. The van der Waals surface area contributed by atoms with E-state index >= 15 is 0 Å². The maximum Gasteiger partial charge on any atom is 0.315 e. The first kappa shape index (κ1) is 22.1. The Morgan fingerprint density at radius 3 is 2.60 bits per heavy atom. The number of allylic oxidation sites excluding steroid dienone is 3. The second-order valence-corrected chi connectivity index (χ2v) is 11.7. The molecule has 30 heavy (non-hydrogen) atoms. The Kier molecular flexibility index (Phi) is 5.75. The summed E-state index contributed by atoms with van der Waals surface area (Å²) in [5, 5.41) is 10.2. The standard InChI is InChI=1S/C27H42O3/c1-16(2)17(3)7-8-18(4)20-9-10-21-24-22(12-14-26(20,21)5)27(6)13-11-19(28)15-23(27)25(29)30-24/h16,18-21,23,28H,3,7-15H2,1-2,4-6H3/t18-,19+,20?,21?,23?,26-,27-/m1/s1. The number of hydrogen-bond donors (Lipinski definition) is 1. The predicted molar refractivity (Wildman–Crippen MR) is 121 cm³/mol. The van der Waals surface area contributed by atoms with E-state index in [9.17, 15) is 9.90 Å². The van der Waals surface area contributed by atoms with Crippen molar-refractivity contribution in [1.29, 1.82) is 0 Å². The highest BCUT2D eigenvalue weighted by Gasteiger charge is 2.59. The average molecular weight is 415 g/mol. The molecule has 2 fully saturated rings. The van der Waals surface area contributed by atoms with Crippen LogP contribution in [0.2, 0.25) is 0 Å². The summed E-state index contributed by atoms with van der Waals surface area (Å²) in [6.45, 7) is 15.9. The molecule has 1 heterocycles. The molecular weight excluding hydrogens is 372 g/mol. The van der Waals surface area contributed by atoms with Crippen LogP contribution in [0.4, 0.5) is 0 Å². The third-order valence-corrected chi connectivity index (χ3v) is 9.82. The monoisotopic (exact) mass is 414 g/mol. The van der Waals surface area contributed by atoms with E-state index in [2.05, 4.69) is 41.2 Å². The second kappa shape index (κ2) is 7.80. The van der Waals surface area contributed by atoms with Crippen molar-refractivity contribution in [3.63, 3.8) is 0 Å². The second-order valence-electron chi connectivity index (χ2n) is 11.7. The average Bonchev–Trinajstić information content (AvgIpc) is 3.04. The van der Waals surface area contributed by atoms with Crippen LogP contribution in [0.3, 0.4) is 0 Å². The molecule has 0 aromatic rings. The van der Waals surface area contributed by atoms with E-state index in [4.69, 9.17) is 4.74 Å². The Bertz CT molecular complexity index is 749. The molecule has 7 atom stereocenters. The lowest BCUT2D eigenvalue weighted by Crippen LogP contribution is -2.50. The van der Waals surface area contributed by atoms with Crippen LogP contribution < -0.4 is 0 Å². The largest absolute Gasteiger partial charge is 0.431 e. The molecule has 4 aliphatic rings. The Hall–Kier alpha value is -1.09. The highest BCUT2D eigenvalue weighted by atomic mass is 16.5. The van der Waals surface area contributed by atoms with Gasteiger partial charge in [-0.25, -0.2) is 0 Å². The number of hydrogen-bond acceptors (Lipinski definition) is 3. The van der Waals surface area contributed by atoms with E-state index in [0.717, 1.165) is 37.9 Å². The summed E-state index contributed by atoms with van der Waals surface area (Å²) in [4.78, 5) is 13.0. The zero-order valence-electron chi connectivity index (χ0n) is 19.8. The van der Waals surface area contributed by atoms with Crippen molar-refractivity contribution in [1.82, 2.24) is 0 Å². The molecule has 2 saturated carbocycles. The number of ether oxygens (including phenoxy) is 1. The fraction of sp³-hybridized carbons (Fsp3) is 0.815. The molecule has 0 bridgehead atoms. The highest BCUT2D eigenvalue weighted by molar-refractivity contribution is 5.77. The number of esters is 1. The maximum atomic E-state index is 13.0. The summed E-state index contributed by atoms with van der Waals surface area (Å²) < 4.78 is 6.13. The van der Waals surface area contributed by atoms with Gasteiger partial charge in [-0.3, -0.25) is 4.79 Å². The molecule has 4 rings (SSSR count). The van der Waals surface area contributed by atoms with Gasteiger partial charge in [0.15, 0.2) is 0 Å². The summed E-state index contributed by atoms with van der Waals surface area (Å²) in [6, 6.07) is 0. The van der Waals surface area contributed by atoms with Crippen molar-refractivity contribution in [2.75, 3.05) is 0 Å². The minimum atomic E-state index is -0.357. The van der Waals surface area contributed by atoms with Gasteiger partial charge in [0.1, 0.15) is 5.76 Å². The van der Waals surface area contributed by atoms with Crippen LogP contribution in [0.15, 0.2) is 23.5 Å². The Morgan fingerprint density at radius 2 is 1.90 bits per heavy atom. The number of aliphatic hydroxyl groups excluding tert-OH is 1. The van der Waals surface area contributed by atoms with E-state index in [1.165, 1.54) is 30.4 Å². The van der Waals surface area contributed by atoms with Crippen molar-refractivity contribution in [3.8, 4) is 0 Å². The van der Waals surface area contributed by atoms with Gasteiger partial charge in [0.05, 0.1) is 12.0 Å². The quantitative estimate of drug-likeness (QED) is 0.417. The molecule has 3 heteroatoms. The molecule has 3 aliphatic carbocycles. The lowest BCUT2D eigenvalue weighted by molar-refractivity contribution is -0.159. The SMILES string of the molecule is C=C(CC[C@@H](C)C1CCC2C3=C(CC[C@@]21C)[C@@]1(C)CC[C@H](O)CC1C(=O)O3)C(C)C. The van der Waals surface area contributed by atoms with Gasteiger partial charge in [-0.1, -0.05) is 46.8 Å². The van der Waals surface area contributed by atoms with Crippen molar-refractivity contribution in [2.45, 2.75) is 98.5 Å². The summed E-state index contributed by atoms with van der Waals surface area (Å²) >= 11 is 0. The number of carbonyl (C=O) groups excluding carboxylic acids is 1. The van der Waals surface area contributed by atoms with Crippen LogP contribution in [0.1, 0.15) is 92.4 Å². The fourth-order valence-corrected chi connectivity index (χ4v) is 7.51. The molecule has 0 aromatic heterocycles. The molecule has 0 aromatic carbocycles. The molecular formula is C27H42O3. The lowest BCUT2D eigenvalue weighted by atomic mass is 9.54. The summed E-state index contributed by atoms with van der Waals surface area (Å²) in [7, 11) is 0. The smallest absolute Gasteiger partial charge is 0.315 e. The zero-order chi connectivity index (χ0) is 21.8. The molecule has 0 radical (unpaired) electrons. The third-order valence-electron chi connectivity index (χ3n) is 9.82. The van der Waals surface area contributed by atoms with Gasteiger partial charge in [0.25, 0.3) is 0 Å². The van der Waals surface area contributed by atoms with Gasteiger partial charge >= 0.3 is 5.97 Å². The summed E-state index contributed by atoms with van der Waals surface area (Å²) in [5.41, 5.74) is 2.91. The molecule has 1 aliphatic heterocycles. The fourth-order valence-electron chi connectivity index (χ4n) is 7.51. The molecule has 1 N–H and O–H groups in total. The predicted octanol–water partition coefficient (Wildman–Crippen LogP) is 6.42. The third kappa shape index (κ3) is 3.40. The molecule has 168 valence electrons. The highest BCUT2D eigenvalue weighted by Crippen LogP contribution is 2.64. The van der Waals surface area contributed by atoms with Crippen LogP contribution >= 0.6 is 0 Å². The van der Waals surface area contributed by atoms with Crippen LogP contribution in [0.5, 0.6) is 0 Å². The summed E-state index contributed by atoms with van der Waals surface area (Å²) in [6.07, 6.45) is 8.91. The van der Waals surface area contributed by atoms with Gasteiger partial charge in [0.2, 0.25) is 0 Å². The zero-order valence-corrected chi connectivity index (χ0v) is 19.8. The topological polar surface area (TPSA) is 46.5 Å². The normalized spacial score (nSPS) is 41.8. The molecule has 0 saturated heterocycles. The Labute approximate surface area is 183 Å². The Balaban J connectivity index is 1.57. The first-order valence-electron chi connectivity index (χ1n) is 12.4. The van der Waals surface area contributed by atoms with Gasteiger partial charge in [-0.15, -0.1) is 0 Å². The number of aliphatic hydroxyl groups is 1. The number of rotatable bonds is 5. The molecule has 0 spiro atoms. The van der Waals surface area contributed by atoms with Crippen LogP contribution in [-0.4, -0.2) is 17.2 Å². The van der Waals surface area contributed by atoms with E-state index in [-0.39, 0.29) is 28.8 Å². The van der Waals surface area contributed by atoms with Gasteiger partial charge < -0.3 is 9.84 Å². The first-order valence-corrected chi connectivity index (χ1v) is 12.4. The molecule has 0 amide bonds. The van der Waals surface area contributed by atoms with Gasteiger partial charge in [-0.05, 0) is 86.5 Å². The minimum absolute atomic E-state index is 0.0796. The lowest BCUT2D eigenvalue weighted by Gasteiger charge is -2.53. The van der Waals surface area contributed by atoms with Crippen molar-refractivity contribution in [3.05, 3.63) is 23.5 Å². The first-order chi connectivity index (χ1) is 14.1. The van der Waals surface area contributed by atoms with Crippen LogP contribution in [0, 0.1) is 40.4 Å².